The fraction of sp³-hybridized carbons (Fsp3) is 0.316. The second kappa shape index (κ2) is 9.58. The lowest BCUT2D eigenvalue weighted by molar-refractivity contribution is -0.121. The van der Waals surface area contributed by atoms with Crippen molar-refractivity contribution >= 4 is 44.8 Å². The summed E-state index contributed by atoms with van der Waals surface area (Å²) in [5.41, 5.74) is 1.05. The highest BCUT2D eigenvalue weighted by Crippen LogP contribution is 2.30. The first kappa shape index (κ1) is 22.5. The third-order valence-electron chi connectivity index (χ3n) is 4.09. The summed E-state index contributed by atoms with van der Waals surface area (Å²) in [5, 5.41) is 3.43. The molecular formula is C19H21Cl2FN2O3S. The molecule has 2 rings (SSSR count). The third kappa shape index (κ3) is 6.36. The summed E-state index contributed by atoms with van der Waals surface area (Å²) in [7, 11) is -3.60. The predicted molar refractivity (Wildman–Crippen MR) is 111 cm³/mol. The van der Waals surface area contributed by atoms with E-state index in [1.54, 1.807) is 25.1 Å². The van der Waals surface area contributed by atoms with Crippen LogP contribution in [0.15, 0.2) is 42.5 Å². The van der Waals surface area contributed by atoms with Gasteiger partial charge in [0.1, 0.15) is 5.82 Å². The zero-order chi connectivity index (χ0) is 20.9. The number of anilines is 1. The Morgan fingerprint density at radius 1 is 1.18 bits per heavy atom. The van der Waals surface area contributed by atoms with Crippen LogP contribution in [0.5, 0.6) is 0 Å². The van der Waals surface area contributed by atoms with Gasteiger partial charge in [-0.3, -0.25) is 9.10 Å². The number of hydrogen-bond acceptors (Lipinski definition) is 3. The average Bonchev–Trinajstić information content (AvgIpc) is 2.60. The summed E-state index contributed by atoms with van der Waals surface area (Å²) in [6.07, 6.45) is 1.48. The minimum atomic E-state index is -3.60. The van der Waals surface area contributed by atoms with E-state index >= 15 is 0 Å². The van der Waals surface area contributed by atoms with Crippen LogP contribution in [0, 0.1) is 5.82 Å². The van der Waals surface area contributed by atoms with Gasteiger partial charge in [-0.2, -0.15) is 0 Å². The van der Waals surface area contributed by atoms with E-state index in [1.807, 2.05) is 0 Å². The Morgan fingerprint density at radius 2 is 1.82 bits per heavy atom. The molecule has 0 unspecified atom stereocenters. The molecule has 2 aromatic rings. The maximum Gasteiger partial charge on any atom is 0.232 e. The largest absolute Gasteiger partial charge is 0.350 e. The zero-order valence-electron chi connectivity index (χ0n) is 15.5. The molecule has 1 N–H and O–H groups in total. The van der Waals surface area contributed by atoms with Gasteiger partial charge in [0.2, 0.25) is 15.9 Å². The smallest absolute Gasteiger partial charge is 0.232 e. The normalized spacial score (nSPS) is 12.5. The first-order valence-corrected chi connectivity index (χ1v) is 11.2. The molecule has 0 saturated carbocycles. The monoisotopic (exact) mass is 446 g/mol. The van der Waals surface area contributed by atoms with Gasteiger partial charge >= 0.3 is 0 Å². The van der Waals surface area contributed by atoms with E-state index in [1.165, 1.54) is 24.3 Å². The molecule has 0 aliphatic rings. The van der Waals surface area contributed by atoms with Crippen molar-refractivity contribution in [3.05, 3.63) is 63.9 Å². The van der Waals surface area contributed by atoms with Gasteiger partial charge < -0.3 is 5.32 Å². The minimum absolute atomic E-state index is 0.0806. The quantitative estimate of drug-likeness (QED) is 0.646. The zero-order valence-corrected chi connectivity index (χ0v) is 17.8. The standard InChI is InChI=1S/C19H21Cl2FN2O3S/c1-13(14-5-8-16(22)9-6-14)23-19(25)4-3-11-24(28(2,26)27)18-12-15(20)7-10-17(18)21/h5-10,12-13H,3-4,11H2,1-2H3,(H,23,25)/t13-/m0/s1. The van der Waals surface area contributed by atoms with Crippen LogP contribution in [0.1, 0.15) is 31.4 Å². The van der Waals surface area contributed by atoms with Crippen LogP contribution in [0.4, 0.5) is 10.1 Å². The third-order valence-corrected chi connectivity index (χ3v) is 5.82. The summed E-state index contributed by atoms with van der Waals surface area (Å²) in [5.74, 6) is -0.578. The second-order valence-corrected chi connectivity index (χ2v) is 9.13. The van der Waals surface area contributed by atoms with Gasteiger partial charge in [-0.05, 0) is 49.2 Å². The Morgan fingerprint density at radius 3 is 2.43 bits per heavy atom. The highest BCUT2D eigenvalue weighted by molar-refractivity contribution is 7.92. The van der Waals surface area contributed by atoms with Crippen LogP contribution in [0.3, 0.4) is 0 Å². The minimum Gasteiger partial charge on any atom is -0.350 e. The lowest BCUT2D eigenvalue weighted by atomic mass is 10.1. The number of benzene rings is 2. The van der Waals surface area contributed by atoms with E-state index in [2.05, 4.69) is 5.32 Å². The number of nitrogens with zero attached hydrogens (tertiary/aromatic N) is 1. The topological polar surface area (TPSA) is 66.5 Å². The number of carbonyl (C=O) groups excluding carboxylic acids is 1. The lowest BCUT2D eigenvalue weighted by Crippen LogP contribution is -2.32. The van der Waals surface area contributed by atoms with Crippen molar-refractivity contribution in [2.45, 2.75) is 25.8 Å². The van der Waals surface area contributed by atoms with E-state index < -0.39 is 10.0 Å². The number of halogens is 3. The van der Waals surface area contributed by atoms with Crippen LogP contribution >= 0.6 is 23.2 Å². The number of nitrogens with one attached hydrogen (secondary N) is 1. The van der Waals surface area contributed by atoms with E-state index in [-0.39, 0.29) is 47.9 Å². The Labute approximate surface area is 174 Å². The first-order chi connectivity index (χ1) is 13.1. The Kier molecular flexibility index (Phi) is 7.69. The average molecular weight is 447 g/mol. The fourth-order valence-electron chi connectivity index (χ4n) is 2.67. The van der Waals surface area contributed by atoms with Crippen molar-refractivity contribution in [3.8, 4) is 0 Å². The number of amides is 1. The molecule has 0 bridgehead atoms. The molecule has 1 amide bonds. The maximum atomic E-state index is 13.0. The maximum absolute atomic E-state index is 13.0. The van der Waals surface area contributed by atoms with Crippen molar-refractivity contribution < 1.29 is 17.6 Å². The molecule has 0 aromatic heterocycles. The number of hydrogen-bond donors (Lipinski definition) is 1. The fourth-order valence-corrected chi connectivity index (χ4v) is 4.08. The summed E-state index contributed by atoms with van der Waals surface area (Å²) >= 11 is 12.1. The second-order valence-electron chi connectivity index (χ2n) is 6.38. The summed E-state index contributed by atoms with van der Waals surface area (Å²) in [6, 6.07) is 10.1. The number of carbonyl (C=O) groups is 1. The molecule has 2 aromatic carbocycles. The molecule has 0 fully saturated rings. The molecule has 0 saturated heterocycles. The Hall–Kier alpha value is -1.83. The van der Waals surface area contributed by atoms with Crippen molar-refractivity contribution in [1.82, 2.24) is 5.32 Å². The molecule has 5 nitrogen and oxygen atoms in total. The van der Waals surface area contributed by atoms with Crippen LogP contribution in [0.25, 0.3) is 0 Å². The van der Waals surface area contributed by atoms with Gasteiger partial charge in [-0.1, -0.05) is 35.3 Å². The van der Waals surface area contributed by atoms with Crippen LogP contribution < -0.4 is 9.62 Å². The van der Waals surface area contributed by atoms with Crippen molar-refractivity contribution in [1.29, 1.82) is 0 Å². The first-order valence-electron chi connectivity index (χ1n) is 8.55. The lowest BCUT2D eigenvalue weighted by Gasteiger charge is -2.23. The Bertz CT molecular complexity index is 937. The molecule has 152 valence electrons. The van der Waals surface area contributed by atoms with Gasteiger partial charge in [0, 0.05) is 18.0 Å². The number of rotatable bonds is 8. The Balaban J connectivity index is 1.97. The van der Waals surface area contributed by atoms with Gasteiger partial charge in [0.05, 0.1) is 23.0 Å². The van der Waals surface area contributed by atoms with E-state index in [0.717, 1.165) is 16.1 Å². The SMILES string of the molecule is C[C@H](NC(=O)CCCN(c1cc(Cl)ccc1Cl)S(C)(=O)=O)c1ccc(F)cc1. The van der Waals surface area contributed by atoms with Crippen LogP contribution in [-0.4, -0.2) is 27.1 Å². The van der Waals surface area contributed by atoms with E-state index in [4.69, 9.17) is 23.2 Å². The molecule has 0 aliphatic heterocycles. The van der Waals surface area contributed by atoms with Gasteiger partial charge in [-0.25, -0.2) is 12.8 Å². The molecular weight excluding hydrogens is 426 g/mol. The molecule has 1 atom stereocenters. The summed E-state index contributed by atoms with van der Waals surface area (Å²) in [4.78, 5) is 12.2. The molecule has 28 heavy (non-hydrogen) atoms. The molecule has 0 spiro atoms. The number of sulfonamides is 1. The van der Waals surface area contributed by atoms with Crippen molar-refractivity contribution in [2.75, 3.05) is 17.1 Å². The molecule has 0 radical (unpaired) electrons. The van der Waals surface area contributed by atoms with Crippen LogP contribution in [-0.2, 0) is 14.8 Å². The summed E-state index contributed by atoms with van der Waals surface area (Å²) < 4.78 is 38.4. The van der Waals surface area contributed by atoms with E-state index in [0.29, 0.717) is 5.02 Å². The van der Waals surface area contributed by atoms with E-state index in [9.17, 15) is 17.6 Å². The molecule has 0 heterocycles. The highest BCUT2D eigenvalue weighted by atomic mass is 35.5. The highest BCUT2D eigenvalue weighted by Gasteiger charge is 2.21. The molecule has 0 aliphatic carbocycles. The van der Waals surface area contributed by atoms with Gasteiger partial charge in [0.15, 0.2) is 0 Å². The summed E-state index contributed by atoms with van der Waals surface area (Å²) in [6.45, 7) is 1.87. The van der Waals surface area contributed by atoms with Crippen LogP contribution in [0.2, 0.25) is 10.0 Å². The van der Waals surface area contributed by atoms with Crippen molar-refractivity contribution in [3.63, 3.8) is 0 Å². The molecule has 9 heteroatoms. The van der Waals surface area contributed by atoms with Crippen molar-refractivity contribution in [2.24, 2.45) is 0 Å². The predicted octanol–water partition coefficient (Wildman–Crippen LogP) is 4.56. The van der Waals surface area contributed by atoms with Gasteiger partial charge in [0.25, 0.3) is 0 Å². The van der Waals surface area contributed by atoms with Gasteiger partial charge in [-0.15, -0.1) is 0 Å².